The van der Waals surface area contributed by atoms with Gasteiger partial charge in [0.1, 0.15) is 6.33 Å². The van der Waals surface area contributed by atoms with E-state index in [0.717, 1.165) is 33.8 Å². The van der Waals surface area contributed by atoms with Gasteiger partial charge in [-0.2, -0.15) is 0 Å². The molecule has 2 heterocycles. The van der Waals surface area contributed by atoms with Gasteiger partial charge in [-0.1, -0.05) is 48.5 Å². The maximum absolute atomic E-state index is 12.7. The zero-order valence-corrected chi connectivity index (χ0v) is 17.6. The number of para-hydroxylation sites is 1. The van der Waals surface area contributed by atoms with Gasteiger partial charge < -0.3 is 20.5 Å². The van der Waals surface area contributed by atoms with Crippen molar-refractivity contribution in [3.63, 3.8) is 0 Å². The zero-order chi connectivity index (χ0) is 21.8. The van der Waals surface area contributed by atoms with Gasteiger partial charge in [-0.15, -0.1) is 0 Å². The number of fused-ring (bicyclic) bond motifs is 1. The predicted octanol–water partition coefficient (Wildman–Crippen LogP) is 2.45. The molecule has 2 aromatic heterocycles. The van der Waals surface area contributed by atoms with Crippen molar-refractivity contribution in [2.75, 3.05) is 24.3 Å². The highest BCUT2D eigenvalue weighted by atomic mass is 16.2. The second-order valence-electron chi connectivity index (χ2n) is 7.58. The fourth-order valence-electron chi connectivity index (χ4n) is 3.46. The molecule has 0 radical (unpaired) electrons. The number of hydrogen-bond donors (Lipinski definition) is 2. The minimum absolute atomic E-state index is 0.219. The van der Waals surface area contributed by atoms with Crippen LogP contribution in [0.4, 0.5) is 11.5 Å². The molecule has 3 N–H and O–H groups in total. The molecule has 0 fully saturated rings. The summed E-state index contributed by atoms with van der Waals surface area (Å²) < 4.78 is 1.94. The lowest BCUT2D eigenvalue weighted by Gasteiger charge is -2.16. The maximum atomic E-state index is 12.7. The number of anilines is 2. The number of carbonyl (C=O) groups excluding carboxylic acids is 1. The number of aromatic nitrogens is 4. The number of nitrogens with one attached hydrogen (secondary N) is 1. The second kappa shape index (κ2) is 8.93. The van der Waals surface area contributed by atoms with Gasteiger partial charge in [-0.25, -0.2) is 15.0 Å². The van der Waals surface area contributed by atoms with Gasteiger partial charge >= 0.3 is 0 Å². The average molecular weight is 416 g/mol. The van der Waals surface area contributed by atoms with Crippen LogP contribution in [-0.4, -0.2) is 45.6 Å². The van der Waals surface area contributed by atoms with E-state index in [1.165, 1.54) is 6.33 Å². The minimum Gasteiger partial charge on any atom is -0.361 e. The van der Waals surface area contributed by atoms with Gasteiger partial charge in [0.05, 0.1) is 18.9 Å². The van der Waals surface area contributed by atoms with Crippen molar-refractivity contribution in [3.05, 3.63) is 78.4 Å². The molecule has 4 rings (SSSR count). The average Bonchev–Trinajstić information content (AvgIpc) is 3.18. The summed E-state index contributed by atoms with van der Waals surface area (Å²) in [5.41, 5.74) is 10.3. The van der Waals surface area contributed by atoms with Crippen molar-refractivity contribution in [2.45, 2.75) is 19.0 Å². The number of carbonyl (C=O) groups is 1. The lowest BCUT2D eigenvalue weighted by molar-refractivity contribution is -0.117. The highest BCUT2D eigenvalue weighted by Crippen LogP contribution is 2.22. The first kappa shape index (κ1) is 20.5. The monoisotopic (exact) mass is 415 g/mol. The summed E-state index contributed by atoms with van der Waals surface area (Å²) in [6, 6.07) is 16.8. The zero-order valence-electron chi connectivity index (χ0n) is 17.6. The normalized spacial score (nSPS) is 12.0. The molecule has 0 aliphatic heterocycles. The summed E-state index contributed by atoms with van der Waals surface area (Å²) in [4.78, 5) is 27.8. The molecule has 1 atom stereocenters. The topological polar surface area (TPSA) is 102 Å². The molecule has 31 heavy (non-hydrogen) atoms. The lowest BCUT2D eigenvalue weighted by Crippen LogP contribution is -2.37. The van der Waals surface area contributed by atoms with E-state index >= 15 is 0 Å². The Labute approximate surface area is 180 Å². The third-order valence-corrected chi connectivity index (χ3v) is 5.06. The number of amides is 1. The van der Waals surface area contributed by atoms with Crippen LogP contribution in [0, 0.1) is 0 Å². The van der Waals surface area contributed by atoms with Crippen molar-refractivity contribution < 1.29 is 4.79 Å². The molecule has 0 bridgehead atoms. The van der Waals surface area contributed by atoms with E-state index < -0.39 is 6.04 Å². The molecule has 0 saturated carbocycles. The number of imidazole rings is 1. The molecule has 0 aliphatic carbocycles. The van der Waals surface area contributed by atoms with Gasteiger partial charge in [0, 0.05) is 19.8 Å². The van der Waals surface area contributed by atoms with Crippen molar-refractivity contribution in [1.29, 1.82) is 0 Å². The molecular formula is C23H25N7O. The third-order valence-electron chi connectivity index (χ3n) is 5.06. The van der Waals surface area contributed by atoms with Crippen LogP contribution in [0.1, 0.15) is 11.1 Å². The largest absolute Gasteiger partial charge is 0.361 e. The van der Waals surface area contributed by atoms with Crippen LogP contribution >= 0.6 is 0 Å². The summed E-state index contributed by atoms with van der Waals surface area (Å²) in [5, 5.41) is 2.98. The molecule has 2 aromatic carbocycles. The van der Waals surface area contributed by atoms with Gasteiger partial charge in [0.15, 0.2) is 17.0 Å². The van der Waals surface area contributed by atoms with Gasteiger partial charge in [-0.3, -0.25) is 4.79 Å². The van der Waals surface area contributed by atoms with Gasteiger partial charge in [-0.05, 0) is 23.6 Å². The Hall–Kier alpha value is -3.78. The van der Waals surface area contributed by atoms with Crippen molar-refractivity contribution in [2.24, 2.45) is 5.73 Å². The van der Waals surface area contributed by atoms with Crippen LogP contribution in [0.25, 0.3) is 11.2 Å². The third kappa shape index (κ3) is 4.54. The Morgan fingerprint density at radius 3 is 2.58 bits per heavy atom. The number of nitrogens with zero attached hydrogens (tertiary/aromatic N) is 5. The van der Waals surface area contributed by atoms with Crippen molar-refractivity contribution >= 4 is 28.6 Å². The highest BCUT2D eigenvalue weighted by Gasteiger charge is 2.17. The quantitative estimate of drug-likeness (QED) is 0.481. The molecule has 0 spiro atoms. The first-order valence-corrected chi connectivity index (χ1v) is 10.0. The fourth-order valence-corrected chi connectivity index (χ4v) is 3.46. The molecule has 0 aliphatic rings. The van der Waals surface area contributed by atoms with Gasteiger partial charge in [0.25, 0.3) is 0 Å². The predicted molar refractivity (Wildman–Crippen MR) is 122 cm³/mol. The smallest absolute Gasteiger partial charge is 0.241 e. The van der Waals surface area contributed by atoms with Crippen LogP contribution in [0.2, 0.25) is 0 Å². The molecule has 1 unspecified atom stereocenters. The van der Waals surface area contributed by atoms with E-state index in [4.69, 9.17) is 5.73 Å². The van der Waals surface area contributed by atoms with Crippen LogP contribution in [0.15, 0.2) is 67.3 Å². The molecule has 4 aromatic rings. The fraction of sp³-hybridized carbons (Fsp3) is 0.217. The molecule has 1 amide bonds. The second-order valence-corrected chi connectivity index (χ2v) is 7.58. The molecule has 158 valence electrons. The van der Waals surface area contributed by atoms with E-state index in [1.807, 2.05) is 78.2 Å². The number of nitrogens with two attached hydrogens (primary N) is 1. The van der Waals surface area contributed by atoms with E-state index in [0.29, 0.717) is 13.0 Å². The number of hydrogen-bond acceptors (Lipinski definition) is 6. The van der Waals surface area contributed by atoms with Crippen molar-refractivity contribution in [1.82, 2.24) is 19.5 Å². The Morgan fingerprint density at radius 2 is 1.81 bits per heavy atom. The van der Waals surface area contributed by atoms with E-state index in [9.17, 15) is 4.79 Å². The number of rotatable bonds is 7. The minimum atomic E-state index is -0.639. The summed E-state index contributed by atoms with van der Waals surface area (Å²) in [7, 11) is 3.84. The first-order chi connectivity index (χ1) is 15.0. The Morgan fingerprint density at radius 1 is 1.06 bits per heavy atom. The molecule has 8 nitrogen and oxygen atoms in total. The van der Waals surface area contributed by atoms with E-state index in [-0.39, 0.29) is 5.91 Å². The molecular weight excluding hydrogens is 390 g/mol. The Balaban J connectivity index is 1.53. The summed E-state index contributed by atoms with van der Waals surface area (Å²) in [5.74, 6) is 0.543. The molecule has 0 saturated heterocycles. The standard InChI is InChI=1S/C23H25N7O/c1-29(2)21-20-22(26-14-25-21)30(15-27-20)13-17-10-6-7-11-19(17)28-23(31)18(24)12-16-8-4-3-5-9-16/h3-11,14-15,18H,12-13,24H2,1-2H3,(H,28,31). The van der Waals surface area contributed by atoms with Crippen LogP contribution in [0.3, 0.4) is 0 Å². The maximum Gasteiger partial charge on any atom is 0.241 e. The SMILES string of the molecule is CN(C)c1ncnc2c1ncn2Cc1ccccc1NC(=O)C(N)Cc1ccccc1. The van der Waals surface area contributed by atoms with Crippen molar-refractivity contribution in [3.8, 4) is 0 Å². The number of benzene rings is 2. The molecule has 8 heteroatoms. The van der Waals surface area contributed by atoms with E-state index in [1.54, 1.807) is 6.33 Å². The first-order valence-electron chi connectivity index (χ1n) is 10.0. The summed E-state index contributed by atoms with van der Waals surface area (Å²) >= 11 is 0. The lowest BCUT2D eigenvalue weighted by atomic mass is 10.1. The van der Waals surface area contributed by atoms with E-state index in [2.05, 4.69) is 20.3 Å². The van der Waals surface area contributed by atoms with Gasteiger partial charge in [0.2, 0.25) is 5.91 Å². The van der Waals surface area contributed by atoms with Crippen LogP contribution in [0.5, 0.6) is 0 Å². The van der Waals surface area contributed by atoms with Crippen LogP contribution < -0.4 is 16.0 Å². The summed E-state index contributed by atoms with van der Waals surface area (Å²) in [6.07, 6.45) is 3.75. The Kier molecular flexibility index (Phi) is 5.90. The van der Waals surface area contributed by atoms with Crippen LogP contribution in [-0.2, 0) is 17.8 Å². The summed E-state index contributed by atoms with van der Waals surface area (Å²) in [6.45, 7) is 0.505. The Bertz CT molecular complexity index is 1190. The highest BCUT2D eigenvalue weighted by molar-refractivity contribution is 5.95.